The van der Waals surface area contributed by atoms with Gasteiger partial charge in [-0.15, -0.1) is 0 Å². The van der Waals surface area contributed by atoms with Crippen LogP contribution in [0.15, 0.2) is 16.5 Å². The van der Waals surface area contributed by atoms with E-state index in [1.807, 2.05) is 0 Å². The Bertz CT molecular complexity index is 244. The molecule has 0 amide bonds. The Morgan fingerprint density at radius 1 is 1.58 bits per heavy atom. The van der Waals surface area contributed by atoms with Gasteiger partial charge in [-0.25, -0.2) is 0 Å². The van der Waals surface area contributed by atoms with Crippen LogP contribution < -0.4 is 5.73 Å². The number of nitrogens with two attached hydrogens (primary N) is 1. The van der Waals surface area contributed by atoms with Gasteiger partial charge in [-0.2, -0.15) is 0 Å². The summed E-state index contributed by atoms with van der Waals surface area (Å²) in [6.45, 7) is 1.44. The van der Waals surface area contributed by atoms with Gasteiger partial charge in [-0.3, -0.25) is 0 Å². The van der Waals surface area contributed by atoms with Gasteiger partial charge in [-0.1, -0.05) is 0 Å². The van der Waals surface area contributed by atoms with Crippen molar-refractivity contribution in [1.82, 2.24) is 0 Å². The van der Waals surface area contributed by atoms with Gasteiger partial charge >= 0.3 is 0 Å². The molecule has 0 spiro atoms. The van der Waals surface area contributed by atoms with Crippen molar-refractivity contribution in [3.05, 3.63) is 23.7 Å². The maximum Gasteiger partial charge on any atom is 0.129 e. The summed E-state index contributed by atoms with van der Waals surface area (Å²) in [5.74, 6) is 0.954. The Morgan fingerprint density at radius 3 is 2.67 bits per heavy atom. The van der Waals surface area contributed by atoms with Gasteiger partial charge in [0.15, 0.2) is 0 Å². The summed E-state index contributed by atoms with van der Waals surface area (Å²) in [5.41, 5.74) is 5.58. The second kappa shape index (κ2) is 3.71. The predicted octanol–water partition coefficient (Wildman–Crippen LogP) is 0.153. The maximum absolute atomic E-state index is 9.11. The number of rotatable bonds is 3. The summed E-state index contributed by atoms with van der Waals surface area (Å²) in [6, 6.07) is 2.77. The van der Waals surface area contributed by atoms with Crippen LogP contribution >= 0.6 is 0 Å². The van der Waals surface area contributed by atoms with E-state index in [9.17, 15) is 0 Å². The maximum atomic E-state index is 9.11. The molecular formula is C8H13NO3. The van der Waals surface area contributed by atoms with E-state index < -0.39 is 12.1 Å². The Kier molecular flexibility index (Phi) is 2.86. The van der Waals surface area contributed by atoms with Crippen molar-refractivity contribution in [1.29, 1.82) is 0 Å². The van der Waals surface area contributed by atoms with E-state index in [1.54, 1.807) is 19.1 Å². The minimum Gasteiger partial charge on any atom is -0.462 e. The summed E-state index contributed by atoms with van der Waals surface area (Å²) in [5, 5.41) is 17.8. The number of aliphatic hydroxyl groups excluding tert-OH is 2. The van der Waals surface area contributed by atoms with Crippen molar-refractivity contribution in [2.75, 3.05) is 0 Å². The van der Waals surface area contributed by atoms with Crippen LogP contribution in [0.4, 0.5) is 0 Å². The molecule has 0 bridgehead atoms. The predicted molar refractivity (Wildman–Crippen MR) is 43.2 cm³/mol. The van der Waals surface area contributed by atoms with E-state index in [4.69, 9.17) is 20.4 Å². The monoisotopic (exact) mass is 171 g/mol. The van der Waals surface area contributed by atoms with Crippen molar-refractivity contribution in [2.24, 2.45) is 5.73 Å². The Balaban J connectivity index is 2.74. The van der Waals surface area contributed by atoms with E-state index in [1.165, 1.54) is 0 Å². The number of hydrogen-bond donors (Lipinski definition) is 3. The van der Waals surface area contributed by atoms with Crippen LogP contribution in [0.3, 0.4) is 0 Å². The molecule has 0 aromatic carbocycles. The summed E-state index contributed by atoms with van der Waals surface area (Å²) < 4.78 is 5.12. The van der Waals surface area contributed by atoms with Gasteiger partial charge < -0.3 is 20.4 Å². The average molecular weight is 171 g/mol. The number of aliphatic hydroxyl groups is 2. The first-order valence-corrected chi connectivity index (χ1v) is 3.78. The SMILES string of the molecule is C[C@@H](O)[C@H](N)c1ccc(CO)o1. The lowest BCUT2D eigenvalue weighted by molar-refractivity contribution is 0.150. The molecule has 4 nitrogen and oxygen atoms in total. The van der Waals surface area contributed by atoms with Crippen LogP contribution in [0.25, 0.3) is 0 Å². The summed E-state index contributed by atoms with van der Waals surface area (Å²) in [6.07, 6.45) is -0.650. The number of hydrogen-bond acceptors (Lipinski definition) is 4. The first-order chi connectivity index (χ1) is 5.65. The molecule has 0 aliphatic heterocycles. The first-order valence-electron chi connectivity index (χ1n) is 3.78. The molecule has 0 saturated carbocycles. The van der Waals surface area contributed by atoms with Crippen molar-refractivity contribution in [3.8, 4) is 0 Å². The standard InChI is InChI=1S/C8H13NO3/c1-5(11)8(9)7-3-2-6(4-10)12-7/h2-3,5,8,10-11H,4,9H2,1H3/t5-,8+/m1/s1. The van der Waals surface area contributed by atoms with E-state index in [2.05, 4.69) is 0 Å². The minimum atomic E-state index is -0.650. The lowest BCUT2D eigenvalue weighted by atomic mass is 10.1. The van der Waals surface area contributed by atoms with E-state index in [0.717, 1.165) is 0 Å². The lowest BCUT2D eigenvalue weighted by Crippen LogP contribution is -2.22. The highest BCUT2D eigenvalue weighted by Gasteiger charge is 2.15. The Labute approximate surface area is 70.6 Å². The third-order valence-electron chi connectivity index (χ3n) is 1.69. The molecule has 2 atom stereocenters. The second-order valence-corrected chi connectivity index (χ2v) is 2.73. The largest absolute Gasteiger partial charge is 0.462 e. The number of furan rings is 1. The van der Waals surface area contributed by atoms with Crippen molar-refractivity contribution >= 4 is 0 Å². The third kappa shape index (κ3) is 1.85. The lowest BCUT2D eigenvalue weighted by Gasteiger charge is -2.10. The molecule has 0 radical (unpaired) electrons. The normalized spacial score (nSPS) is 16.0. The van der Waals surface area contributed by atoms with Gasteiger partial charge in [0.1, 0.15) is 18.1 Å². The zero-order valence-corrected chi connectivity index (χ0v) is 6.90. The van der Waals surface area contributed by atoms with Crippen LogP contribution in [-0.4, -0.2) is 16.3 Å². The van der Waals surface area contributed by atoms with Gasteiger partial charge in [0.25, 0.3) is 0 Å². The quantitative estimate of drug-likeness (QED) is 0.605. The fourth-order valence-corrected chi connectivity index (χ4v) is 0.896. The van der Waals surface area contributed by atoms with Crippen molar-refractivity contribution in [3.63, 3.8) is 0 Å². The van der Waals surface area contributed by atoms with Crippen LogP contribution in [0, 0.1) is 0 Å². The van der Waals surface area contributed by atoms with Crippen molar-refractivity contribution < 1.29 is 14.6 Å². The average Bonchev–Trinajstić information content (AvgIpc) is 2.50. The summed E-state index contributed by atoms with van der Waals surface area (Å²) in [7, 11) is 0. The molecule has 12 heavy (non-hydrogen) atoms. The van der Waals surface area contributed by atoms with Crippen LogP contribution in [0.5, 0.6) is 0 Å². The Morgan fingerprint density at radius 2 is 2.25 bits per heavy atom. The van der Waals surface area contributed by atoms with Gasteiger partial charge in [0.05, 0.1) is 12.1 Å². The van der Waals surface area contributed by atoms with E-state index in [-0.39, 0.29) is 6.61 Å². The molecule has 68 valence electrons. The molecule has 0 fully saturated rings. The topological polar surface area (TPSA) is 79.6 Å². The van der Waals surface area contributed by atoms with Gasteiger partial charge in [0, 0.05) is 0 Å². The molecule has 0 aliphatic rings. The molecule has 1 aromatic rings. The molecule has 4 N–H and O–H groups in total. The molecule has 4 heteroatoms. The van der Waals surface area contributed by atoms with Crippen molar-refractivity contribution in [2.45, 2.75) is 25.7 Å². The zero-order valence-electron chi connectivity index (χ0n) is 6.90. The third-order valence-corrected chi connectivity index (χ3v) is 1.69. The Hall–Kier alpha value is -0.840. The van der Waals surface area contributed by atoms with Gasteiger partial charge in [0.2, 0.25) is 0 Å². The first kappa shape index (κ1) is 9.25. The fraction of sp³-hybridized carbons (Fsp3) is 0.500. The fourth-order valence-electron chi connectivity index (χ4n) is 0.896. The highest BCUT2D eigenvalue weighted by molar-refractivity contribution is 5.10. The second-order valence-electron chi connectivity index (χ2n) is 2.73. The van der Waals surface area contributed by atoms with Crippen LogP contribution in [-0.2, 0) is 6.61 Å². The molecular weight excluding hydrogens is 158 g/mol. The highest BCUT2D eigenvalue weighted by atomic mass is 16.4. The van der Waals surface area contributed by atoms with E-state index >= 15 is 0 Å². The highest BCUT2D eigenvalue weighted by Crippen LogP contribution is 2.17. The molecule has 0 unspecified atom stereocenters. The summed E-state index contributed by atoms with van der Waals surface area (Å²) >= 11 is 0. The molecule has 1 aromatic heterocycles. The van der Waals surface area contributed by atoms with Crippen LogP contribution in [0.1, 0.15) is 24.5 Å². The van der Waals surface area contributed by atoms with E-state index in [0.29, 0.717) is 11.5 Å². The molecule has 0 saturated heterocycles. The molecule has 1 heterocycles. The smallest absolute Gasteiger partial charge is 0.129 e. The molecule has 1 rings (SSSR count). The summed E-state index contributed by atoms with van der Waals surface area (Å²) in [4.78, 5) is 0. The minimum absolute atomic E-state index is 0.146. The van der Waals surface area contributed by atoms with Crippen LogP contribution in [0.2, 0.25) is 0 Å². The van der Waals surface area contributed by atoms with Gasteiger partial charge in [-0.05, 0) is 19.1 Å². The zero-order chi connectivity index (χ0) is 9.14. The molecule has 0 aliphatic carbocycles.